The normalized spacial score (nSPS) is 11.1. The van der Waals surface area contributed by atoms with Gasteiger partial charge in [-0.05, 0) is 37.3 Å². The summed E-state index contributed by atoms with van der Waals surface area (Å²) < 4.78 is 4.99. The van der Waals surface area contributed by atoms with Crippen LogP contribution in [0.1, 0.15) is 27.7 Å². The fraction of sp³-hybridized carbons (Fsp3) is 0.600. The lowest BCUT2D eigenvalue weighted by Crippen LogP contribution is -2.20. The van der Waals surface area contributed by atoms with E-state index in [0.717, 1.165) is 56.8 Å². The Morgan fingerprint density at radius 2 is 1.90 bits per heavy atom. The molecule has 0 unspecified atom stereocenters. The molecule has 1 N–H and O–H groups in total. The molecule has 0 amide bonds. The molecule has 0 aliphatic carbocycles. The molecular weight excluding hydrogens is 302 g/mol. The van der Waals surface area contributed by atoms with Gasteiger partial charge in [-0.2, -0.15) is 0 Å². The third-order valence-electron chi connectivity index (χ3n) is 3.13. The van der Waals surface area contributed by atoms with Crippen molar-refractivity contribution in [1.82, 2.24) is 15.5 Å². The van der Waals surface area contributed by atoms with Gasteiger partial charge in [-0.3, -0.25) is 0 Å². The van der Waals surface area contributed by atoms with Crippen molar-refractivity contribution in [3.63, 3.8) is 0 Å². The van der Waals surface area contributed by atoms with Gasteiger partial charge in [0.2, 0.25) is 0 Å². The zero-order valence-electron chi connectivity index (χ0n) is 12.5. The van der Waals surface area contributed by atoms with Crippen LogP contribution in [0.5, 0.6) is 0 Å². The van der Waals surface area contributed by atoms with Crippen molar-refractivity contribution in [3.05, 3.63) is 32.4 Å². The average Bonchev–Trinajstić information content (AvgIpc) is 3.15. The number of aryl methyl sites for hydroxylation is 3. The molecule has 116 valence electrons. The van der Waals surface area contributed by atoms with Gasteiger partial charge in [-0.25, -0.2) is 0 Å². The summed E-state index contributed by atoms with van der Waals surface area (Å²) >= 11 is 3.60. The molecule has 4 nitrogen and oxygen atoms in total. The molecule has 0 spiro atoms. The van der Waals surface area contributed by atoms with Crippen molar-refractivity contribution < 1.29 is 4.74 Å². The molecule has 0 saturated carbocycles. The second-order valence-electron chi connectivity index (χ2n) is 4.87. The lowest BCUT2D eigenvalue weighted by molar-refractivity contribution is 0.199. The molecule has 0 bridgehead atoms. The number of ether oxygens (including phenoxy) is 1. The van der Waals surface area contributed by atoms with E-state index >= 15 is 0 Å². The molecule has 21 heavy (non-hydrogen) atoms. The fourth-order valence-corrected chi connectivity index (χ4v) is 3.70. The van der Waals surface area contributed by atoms with Gasteiger partial charge < -0.3 is 10.1 Å². The number of methoxy groups -OCH3 is 1. The van der Waals surface area contributed by atoms with Crippen LogP contribution in [-0.2, 0) is 24.0 Å². The van der Waals surface area contributed by atoms with E-state index in [2.05, 4.69) is 33.0 Å². The third-order valence-corrected chi connectivity index (χ3v) is 5.11. The molecule has 2 heterocycles. The topological polar surface area (TPSA) is 47.0 Å². The first-order valence-electron chi connectivity index (χ1n) is 7.42. The summed E-state index contributed by atoms with van der Waals surface area (Å²) in [6, 6.07) is 4.32. The van der Waals surface area contributed by atoms with Crippen LogP contribution in [0.3, 0.4) is 0 Å². The molecule has 0 aliphatic rings. The molecule has 0 saturated heterocycles. The molecule has 0 aliphatic heterocycles. The lowest BCUT2D eigenvalue weighted by Gasteiger charge is -2.01. The SMILES string of the molecule is COCCNCCCc1nnc(CCCc2cccs2)s1. The first kappa shape index (κ1) is 16.5. The zero-order valence-corrected chi connectivity index (χ0v) is 14.1. The van der Waals surface area contributed by atoms with E-state index in [4.69, 9.17) is 4.74 Å². The number of hydrogen-bond acceptors (Lipinski definition) is 6. The fourth-order valence-electron chi connectivity index (χ4n) is 2.02. The molecule has 2 aromatic heterocycles. The molecule has 0 fully saturated rings. The first-order chi connectivity index (χ1) is 10.4. The van der Waals surface area contributed by atoms with E-state index in [0.29, 0.717) is 0 Å². The van der Waals surface area contributed by atoms with Crippen molar-refractivity contribution in [2.24, 2.45) is 0 Å². The lowest BCUT2D eigenvalue weighted by atomic mass is 10.2. The summed E-state index contributed by atoms with van der Waals surface area (Å²) in [5.74, 6) is 0. The predicted molar refractivity (Wildman–Crippen MR) is 89.3 cm³/mol. The predicted octanol–water partition coefficient (Wildman–Crippen LogP) is 2.94. The van der Waals surface area contributed by atoms with E-state index < -0.39 is 0 Å². The second kappa shape index (κ2) is 10.00. The van der Waals surface area contributed by atoms with Crippen LogP contribution >= 0.6 is 22.7 Å². The quantitative estimate of drug-likeness (QED) is 0.645. The van der Waals surface area contributed by atoms with Crippen LogP contribution in [0.15, 0.2) is 17.5 Å². The Morgan fingerprint density at radius 3 is 2.62 bits per heavy atom. The molecule has 6 heteroatoms. The smallest absolute Gasteiger partial charge is 0.117 e. The largest absolute Gasteiger partial charge is 0.383 e. The first-order valence-corrected chi connectivity index (χ1v) is 9.11. The highest BCUT2D eigenvalue weighted by atomic mass is 32.1. The molecule has 0 atom stereocenters. The highest BCUT2D eigenvalue weighted by Crippen LogP contribution is 2.16. The van der Waals surface area contributed by atoms with Crippen LogP contribution in [0.4, 0.5) is 0 Å². The highest BCUT2D eigenvalue weighted by Gasteiger charge is 2.04. The number of nitrogens with zero attached hydrogens (tertiary/aromatic N) is 2. The second-order valence-corrected chi connectivity index (χ2v) is 7.05. The van der Waals surface area contributed by atoms with Gasteiger partial charge in [0, 0.05) is 31.4 Å². The van der Waals surface area contributed by atoms with Gasteiger partial charge in [-0.1, -0.05) is 6.07 Å². The number of nitrogens with one attached hydrogen (secondary N) is 1. The number of rotatable bonds is 11. The van der Waals surface area contributed by atoms with Crippen molar-refractivity contribution in [1.29, 1.82) is 0 Å². The summed E-state index contributed by atoms with van der Waals surface area (Å²) in [7, 11) is 1.73. The summed E-state index contributed by atoms with van der Waals surface area (Å²) in [6.45, 7) is 2.70. The van der Waals surface area contributed by atoms with Gasteiger partial charge in [0.05, 0.1) is 6.61 Å². The average molecular weight is 326 g/mol. The van der Waals surface area contributed by atoms with Crippen molar-refractivity contribution in [2.75, 3.05) is 26.8 Å². The number of thiophene rings is 1. The Balaban J connectivity index is 1.58. The van der Waals surface area contributed by atoms with Gasteiger partial charge in [0.25, 0.3) is 0 Å². The van der Waals surface area contributed by atoms with Crippen LogP contribution in [0.25, 0.3) is 0 Å². The summed E-state index contributed by atoms with van der Waals surface area (Å²) in [6.07, 6.45) is 5.47. The minimum Gasteiger partial charge on any atom is -0.383 e. The Kier molecular flexibility index (Phi) is 7.88. The Bertz CT molecular complexity index is 485. The van der Waals surface area contributed by atoms with Crippen LogP contribution < -0.4 is 5.32 Å². The van der Waals surface area contributed by atoms with E-state index in [1.54, 1.807) is 18.4 Å². The Morgan fingerprint density at radius 1 is 1.10 bits per heavy atom. The van der Waals surface area contributed by atoms with E-state index in [1.165, 1.54) is 9.88 Å². The number of aromatic nitrogens is 2. The summed E-state index contributed by atoms with van der Waals surface area (Å²) in [5, 5.41) is 16.4. The number of hydrogen-bond donors (Lipinski definition) is 1. The van der Waals surface area contributed by atoms with Gasteiger partial charge in [-0.15, -0.1) is 32.9 Å². The highest BCUT2D eigenvalue weighted by molar-refractivity contribution is 7.11. The monoisotopic (exact) mass is 325 g/mol. The molecule has 2 aromatic rings. The molecule has 0 radical (unpaired) electrons. The van der Waals surface area contributed by atoms with Crippen molar-refractivity contribution in [3.8, 4) is 0 Å². The summed E-state index contributed by atoms with van der Waals surface area (Å²) in [4.78, 5) is 1.46. The summed E-state index contributed by atoms with van der Waals surface area (Å²) in [5.41, 5.74) is 0. The minimum atomic E-state index is 0.771. The van der Waals surface area contributed by atoms with Crippen LogP contribution in [0.2, 0.25) is 0 Å². The molecule has 0 aromatic carbocycles. The van der Waals surface area contributed by atoms with Gasteiger partial charge in [0.1, 0.15) is 10.0 Å². The van der Waals surface area contributed by atoms with Gasteiger partial charge >= 0.3 is 0 Å². The van der Waals surface area contributed by atoms with Crippen molar-refractivity contribution in [2.45, 2.75) is 32.1 Å². The Labute approximate surface area is 134 Å². The maximum Gasteiger partial charge on any atom is 0.117 e. The van der Waals surface area contributed by atoms with Crippen LogP contribution in [-0.4, -0.2) is 37.0 Å². The molecular formula is C15H23N3OS2. The van der Waals surface area contributed by atoms with Gasteiger partial charge in [0.15, 0.2) is 0 Å². The maximum atomic E-state index is 4.99. The standard InChI is InChI=1S/C15H23N3OS2/c1-19-11-10-16-9-3-8-15-18-17-14(21-15)7-2-5-13-6-4-12-20-13/h4,6,12,16H,2-3,5,7-11H2,1H3. The van der Waals surface area contributed by atoms with Crippen molar-refractivity contribution >= 4 is 22.7 Å². The van der Waals surface area contributed by atoms with E-state index in [1.807, 2.05) is 11.3 Å². The third kappa shape index (κ3) is 6.65. The maximum absolute atomic E-state index is 4.99. The minimum absolute atomic E-state index is 0.771. The Hall–Kier alpha value is -0.820. The van der Waals surface area contributed by atoms with E-state index in [-0.39, 0.29) is 0 Å². The molecule has 2 rings (SSSR count). The van der Waals surface area contributed by atoms with E-state index in [9.17, 15) is 0 Å². The zero-order chi connectivity index (χ0) is 14.8. The van der Waals surface area contributed by atoms with Crippen LogP contribution in [0, 0.1) is 0 Å².